The largest absolute Gasteiger partial charge is 0.381 e. The van der Waals surface area contributed by atoms with Gasteiger partial charge in [-0.2, -0.15) is 0 Å². The van der Waals surface area contributed by atoms with Crippen LogP contribution in [0, 0.1) is 6.92 Å². The molecule has 1 aliphatic rings. The Bertz CT molecular complexity index is 1050. The molecule has 1 aromatic heterocycles. The van der Waals surface area contributed by atoms with Gasteiger partial charge in [-0.25, -0.2) is 4.79 Å². The van der Waals surface area contributed by atoms with E-state index in [1.165, 1.54) is 16.7 Å². The quantitative estimate of drug-likeness (QED) is 0.440. The van der Waals surface area contributed by atoms with Crippen molar-refractivity contribution >= 4 is 29.6 Å². The van der Waals surface area contributed by atoms with Gasteiger partial charge in [0.25, 0.3) is 5.91 Å². The van der Waals surface area contributed by atoms with E-state index in [1.807, 2.05) is 45.0 Å². The number of aliphatic hydroxyl groups excluding tert-OH is 1. The minimum Gasteiger partial charge on any atom is -0.381 e. The Hall–Kier alpha value is -3.11. The molecule has 0 saturated carbocycles. The number of nitrogens with one attached hydrogen (secondary N) is 3. The predicted octanol–water partition coefficient (Wildman–Crippen LogP) is 1.94. The summed E-state index contributed by atoms with van der Waals surface area (Å²) in [6.45, 7) is 7.94. The van der Waals surface area contributed by atoms with Crippen LogP contribution in [0.1, 0.15) is 37.5 Å². The van der Waals surface area contributed by atoms with Crippen molar-refractivity contribution in [1.29, 1.82) is 0 Å². The molecule has 0 radical (unpaired) electrons. The molecule has 1 aliphatic heterocycles. The highest BCUT2D eigenvalue weighted by Crippen LogP contribution is 2.39. The molecule has 35 heavy (non-hydrogen) atoms. The van der Waals surface area contributed by atoms with Gasteiger partial charge in [0.1, 0.15) is 6.04 Å². The molecule has 0 aliphatic carbocycles. The van der Waals surface area contributed by atoms with Gasteiger partial charge in [0, 0.05) is 30.2 Å². The highest BCUT2D eigenvalue weighted by molar-refractivity contribution is 8.00. The molecule has 3 atom stereocenters. The van der Waals surface area contributed by atoms with E-state index in [2.05, 4.69) is 20.9 Å². The first-order valence-corrected chi connectivity index (χ1v) is 12.5. The van der Waals surface area contributed by atoms with Crippen molar-refractivity contribution in [3.05, 3.63) is 65.5 Å². The average molecular weight is 500 g/mol. The number of benzene rings is 1. The molecule has 188 valence electrons. The molecule has 4 amide bonds. The van der Waals surface area contributed by atoms with Crippen LogP contribution in [0.4, 0.5) is 4.79 Å². The third-order valence-corrected chi connectivity index (χ3v) is 7.45. The summed E-state index contributed by atoms with van der Waals surface area (Å²) in [5, 5.41) is 19.0. The number of aryl methyl sites for hydroxylation is 1. The lowest BCUT2D eigenvalue weighted by atomic mass is 9.99. The third-order valence-electron chi connectivity index (χ3n) is 6.08. The maximum atomic E-state index is 13.2. The summed E-state index contributed by atoms with van der Waals surface area (Å²) in [4.78, 5) is 43.9. The van der Waals surface area contributed by atoms with E-state index in [0.717, 1.165) is 16.7 Å². The van der Waals surface area contributed by atoms with Gasteiger partial charge in [-0.3, -0.25) is 14.6 Å². The van der Waals surface area contributed by atoms with Crippen LogP contribution in [0.2, 0.25) is 0 Å². The maximum absolute atomic E-state index is 13.2. The van der Waals surface area contributed by atoms with Gasteiger partial charge >= 0.3 is 6.03 Å². The second-order valence-electron chi connectivity index (χ2n) is 9.15. The zero-order valence-electron chi connectivity index (χ0n) is 20.4. The van der Waals surface area contributed by atoms with Crippen LogP contribution in [0.3, 0.4) is 0 Å². The Morgan fingerprint density at radius 1 is 1.14 bits per heavy atom. The fourth-order valence-corrected chi connectivity index (χ4v) is 5.04. The van der Waals surface area contributed by atoms with Crippen molar-refractivity contribution in [3.8, 4) is 0 Å². The first-order valence-electron chi connectivity index (χ1n) is 11.5. The van der Waals surface area contributed by atoms with E-state index < -0.39 is 34.9 Å². The number of rotatable bonds is 8. The van der Waals surface area contributed by atoms with Gasteiger partial charge in [0.05, 0.1) is 11.9 Å². The fraction of sp³-hybridized carbons (Fsp3) is 0.440. The summed E-state index contributed by atoms with van der Waals surface area (Å²) >= 11 is 1.47. The van der Waals surface area contributed by atoms with Gasteiger partial charge in [-0.05, 0) is 56.5 Å². The molecule has 1 fully saturated rings. The van der Waals surface area contributed by atoms with Crippen LogP contribution in [-0.4, -0.2) is 61.6 Å². The van der Waals surface area contributed by atoms with Gasteiger partial charge in [-0.15, -0.1) is 11.8 Å². The Morgan fingerprint density at radius 2 is 1.83 bits per heavy atom. The number of aliphatic hydroxyl groups is 1. The minimum atomic E-state index is -1.50. The number of aromatic nitrogens is 1. The summed E-state index contributed by atoms with van der Waals surface area (Å²) in [5.41, 5.74) is 2.92. The van der Waals surface area contributed by atoms with Crippen LogP contribution in [0.25, 0.3) is 0 Å². The van der Waals surface area contributed by atoms with Gasteiger partial charge in [-0.1, -0.05) is 24.3 Å². The number of urea groups is 1. The molecular formula is C25H33N5O4S. The van der Waals surface area contributed by atoms with E-state index in [9.17, 15) is 19.5 Å². The highest BCUT2D eigenvalue weighted by Gasteiger charge is 2.49. The zero-order valence-corrected chi connectivity index (χ0v) is 21.3. The summed E-state index contributed by atoms with van der Waals surface area (Å²) in [6, 6.07) is 9.20. The van der Waals surface area contributed by atoms with Crippen molar-refractivity contribution in [2.45, 2.75) is 63.7 Å². The summed E-state index contributed by atoms with van der Waals surface area (Å²) in [6.07, 6.45) is 1.80. The molecule has 10 heteroatoms. The molecule has 1 saturated heterocycles. The maximum Gasteiger partial charge on any atom is 0.315 e. The van der Waals surface area contributed by atoms with E-state index >= 15 is 0 Å². The lowest BCUT2D eigenvalue weighted by molar-refractivity contribution is -0.147. The molecule has 3 rings (SSSR count). The minimum absolute atomic E-state index is 0.266. The standard InChI is InChI=1S/C25H33N5O4S/c1-16-7-5-6-8-19(16)14-28-24(34)29-17(2)20(31)23(33)30-15-35-25(3,4)21(30)22(32)27-13-18-9-11-26-12-10-18/h5-12,17,20-21,31H,13-15H2,1-4H3,(H,27,32)(H2,28,29,34). The Kier molecular flexibility index (Phi) is 8.74. The lowest BCUT2D eigenvalue weighted by Crippen LogP contribution is -2.58. The Balaban J connectivity index is 1.58. The molecule has 9 nitrogen and oxygen atoms in total. The van der Waals surface area contributed by atoms with E-state index in [-0.39, 0.29) is 11.8 Å². The second kappa shape index (κ2) is 11.5. The molecule has 0 spiro atoms. The predicted molar refractivity (Wildman–Crippen MR) is 135 cm³/mol. The smallest absolute Gasteiger partial charge is 0.315 e. The van der Waals surface area contributed by atoms with Gasteiger partial charge in [0.2, 0.25) is 5.91 Å². The monoisotopic (exact) mass is 499 g/mol. The van der Waals surface area contributed by atoms with Crippen LogP contribution >= 0.6 is 11.8 Å². The molecule has 0 bridgehead atoms. The first kappa shape index (κ1) is 26.5. The molecular weight excluding hydrogens is 466 g/mol. The van der Waals surface area contributed by atoms with Crippen LogP contribution in [-0.2, 0) is 22.7 Å². The topological polar surface area (TPSA) is 124 Å². The summed E-state index contributed by atoms with van der Waals surface area (Å²) in [7, 11) is 0. The van der Waals surface area contributed by atoms with Crippen molar-refractivity contribution in [1.82, 2.24) is 25.8 Å². The van der Waals surface area contributed by atoms with Gasteiger partial charge in [0.15, 0.2) is 6.10 Å². The third kappa shape index (κ3) is 6.73. The highest BCUT2D eigenvalue weighted by atomic mass is 32.2. The number of hydrogen-bond donors (Lipinski definition) is 4. The Labute approximate surface area is 210 Å². The van der Waals surface area contributed by atoms with Crippen LogP contribution in [0.5, 0.6) is 0 Å². The normalized spacial score (nSPS) is 18.4. The van der Waals surface area contributed by atoms with Crippen molar-refractivity contribution in [2.24, 2.45) is 0 Å². The van der Waals surface area contributed by atoms with Crippen molar-refractivity contribution in [3.63, 3.8) is 0 Å². The Morgan fingerprint density at radius 3 is 2.51 bits per heavy atom. The van der Waals surface area contributed by atoms with Crippen LogP contribution < -0.4 is 16.0 Å². The van der Waals surface area contributed by atoms with Crippen molar-refractivity contribution < 1.29 is 19.5 Å². The zero-order chi connectivity index (χ0) is 25.6. The number of carbonyl (C=O) groups excluding carboxylic acids is 3. The molecule has 3 unspecified atom stereocenters. The number of pyridine rings is 1. The van der Waals surface area contributed by atoms with Crippen molar-refractivity contribution in [2.75, 3.05) is 5.88 Å². The molecule has 2 heterocycles. The van der Waals surface area contributed by atoms with Gasteiger partial charge < -0.3 is 26.0 Å². The number of thioether (sulfide) groups is 1. The first-order chi connectivity index (χ1) is 16.6. The lowest BCUT2D eigenvalue weighted by Gasteiger charge is -2.32. The van der Waals surface area contributed by atoms with E-state index in [1.54, 1.807) is 31.5 Å². The molecule has 2 aromatic rings. The number of hydrogen-bond acceptors (Lipinski definition) is 6. The number of amides is 4. The fourth-order valence-electron chi connectivity index (χ4n) is 3.90. The molecule has 4 N–H and O–H groups in total. The SMILES string of the molecule is Cc1ccccc1CNC(=O)NC(C)C(O)C(=O)N1CSC(C)(C)C1C(=O)NCc1ccncc1. The van der Waals surface area contributed by atoms with E-state index in [0.29, 0.717) is 13.1 Å². The molecule has 1 aromatic carbocycles. The van der Waals surface area contributed by atoms with Crippen LogP contribution in [0.15, 0.2) is 48.8 Å². The van der Waals surface area contributed by atoms with E-state index in [4.69, 9.17) is 0 Å². The second-order valence-corrected chi connectivity index (χ2v) is 10.7. The number of carbonyl (C=O) groups is 3. The summed E-state index contributed by atoms with van der Waals surface area (Å²) < 4.78 is -0.542. The number of nitrogens with zero attached hydrogens (tertiary/aromatic N) is 2. The summed E-state index contributed by atoms with van der Waals surface area (Å²) in [5.74, 6) is -0.629. The average Bonchev–Trinajstić information content (AvgIpc) is 3.16.